The van der Waals surface area contributed by atoms with E-state index >= 15 is 0 Å². The minimum Gasteiger partial charge on any atom is -0.449 e. The molecule has 0 spiro atoms. The molecule has 1 atom stereocenters. The number of halogens is 1. The van der Waals surface area contributed by atoms with Crippen molar-refractivity contribution >= 4 is 33.3 Å². The molecule has 0 bridgehead atoms. The Hall–Kier alpha value is -3.72. The average Bonchev–Trinajstić information content (AvgIpc) is 2.78. The van der Waals surface area contributed by atoms with Crippen LogP contribution in [0.15, 0.2) is 71.6 Å². The van der Waals surface area contributed by atoms with Gasteiger partial charge in [-0.25, -0.2) is 17.6 Å². The standard InChI is InChI=1S/C24H23FN2O5S/c1-15-5-4-6-22(16(15)2)27-33(30,31)21-13-7-18(8-14-21)24(29)32-17(3)23(28)26-20-11-9-19(25)10-12-20/h4-14,17,27H,1-3H3,(H,26,28)/t17-/m0/s1. The summed E-state index contributed by atoms with van der Waals surface area (Å²) in [5, 5.41) is 2.52. The van der Waals surface area contributed by atoms with Crippen molar-refractivity contribution in [1.82, 2.24) is 0 Å². The molecule has 0 saturated carbocycles. The number of benzene rings is 3. The van der Waals surface area contributed by atoms with Gasteiger partial charge >= 0.3 is 5.97 Å². The molecule has 0 aliphatic rings. The summed E-state index contributed by atoms with van der Waals surface area (Å²) in [5.74, 6) is -1.82. The van der Waals surface area contributed by atoms with E-state index < -0.39 is 33.8 Å². The SMILES string of the molecule is Cc1cccc(NS(=O)(=O)c2ccc(C(=O)O[C@@H](C)C(=O)Nc3ccc(F)cc3)cc2)c1C. The van der Waals surface area contributed by atoms with E-state index in [2.05, 4.69) is 10.0 Å². The lowest BCUT2D eigenvalue weighted by Crippen LogP contribution is -2.30. The highest BCUT2D eigenvalue weighted by molar-refractivity contribution is 7.92. The quantitative estimate of drug-likeness (QED) is 0.498. The van der Waals surface area contributed by atoms with E-state index in [1.54, 1.807) is 12.1 Å². The Morgan fingerprint density at radius 1 is 0.939 bits per heavy atom. The van der Waals surface area contributed by atoms with Gasteiger partial charge in [-0.3, -0.25) is 9.52 Å². The molecule has 3 aromatic carbocycles. The number of anilines is 2. The number of amides is 1. The van der Waals surface area contributed by atoms with Crippen LogP contribution in [0, 0.1) is 19.7 Å². The molecule has 3 rings (SSSR count). The molecule has 0 radical (unpaired) electrons. The molecule has 0 aliphatic carbocycles. The van der Waals surface area contributed by atoms with Gasteiger partial charge in [0.05, 0.1) is 16.1 Å². The first kappa shape index (κ1) is 23.9. The molecule has 3 aromatic rings. The third-order valence-corrected chi connectivity index (χ3v) is 6.40. The van der Waals surface area contributed by atoms with Crippen LogP contribution in [-0.2, 0) is 19.6 Å². The van der Waals surface area contributed by atoms with Gasteiger partial charge in [-0.15, -0.1) is 0 Å². The summed E-state index contributed by atoms with van der Waals surface area (Å²) in [6, 6.07) is 15.6. The number of carbonyl (C=O) groups excluding carboxylic acids is 2. The van der Waals surface area contributed by atoms with Crippen LogP contribution in [0.4, 0.5) is 15.8 Å². The van der Waals surface area contributed by atoms with Gasteiger partial charge in [0.1, 0.15) is 5.82 Å². The molecule has 0 heterocycles. The summed E-state index contributed by atoms with van der Waals surface area (Å²) >= 11 is 0. The van der Waals surface area contributed by atoms with Crippen LogP contribution >= 0.6 is 0 Å². The number of esters is 1. The number of ether oxygens (including phenoxy) is 1. The Kier molecular flexibility index (Phi) is 7.13. The highest BCUT2D eigenvalue weighted by atomic mass is 32.2. The highest BCUT2D eigenvalue weighted by Crippen LogP contribution is 2.22. The van der Waals surface area contributed by atoms with E-state index in [9.17, 15) is 22.4 Å². The second-order valence-electron chi connectivity index (χ2n) is 7.42. The van der Waals surface area contributed by atoms with Crippen LogP contribution in [-0.4, -0.2) is 26.4 Å². The Bertz CT molecular complexity index is 1270. The van der Waals surface area contributed by atoms with E-state index in [1.165, 1.54) is 55.5 Å². The molecule has 172 valence electrons. The normalized spacial score (nSPS) is 12.0. The third kappa shape index (κ3) is 5.95. The summed E-state index contributed by atoms with van der Waals surface area (Å²) in [5.41, 5.74) is 2.68. The molecule has 0 fully saturated rings. The smallest absolute Gasteiger partial charge is 0.338 e. The van der Waals surface area contributed by atoms with Crippen molar-refractivity contribution in [2.45, 2.75) is 31.8 Å². The molecular formula is C24H23FN2O5S. The summed E-state index contributed by atoms with van der Waals surface area (Å²) in [6.07, 6.45) is -1.13. The van der Waals surface area contributed by atoms with Gasteiger partial charge in [-0.2, -0.15) is 0 Å². The van der Waals surface area contributed by atoms with Crippen molar-refractivity contribution in [2.24, 2.45) is 0 Å². The zero-order valence-electron chi connectivity index (χ0n) is 18.3. The van der Waals surface area contributed by atoms with E-state index in [1.807, 2.05) is 19.9 Å². The van der Waals surface area contributed by atoms with E-state index in [0.717, 1.165) is 11.1 Å². The number of aryl methyl sites for hydroxylation is 1. The summed E-state index contributed by atoms with van der Waals surface area (Å²) in [7, 11) is -3.86. The van der Waals surface area contributed by atoms with Crippen molar-refractivity contribution in [3.8, 4) is 0 Å². The Morgan fingerprint density at radius 2 is 1.58 bits per heavy atom. The second kappa shape index (κ2) is 9.83. The lowest BCUT2D eigenvalue weighted by atomic mass is 10.1. The molecule has 33 heavy (non-hydrogen) atoms. The van der Waals surface area contributed by atoms with Gasteiger partial charge in [0.25, 0.3) is 15.9 Å². The van der Waals surface area contributed by atoms with Crippen molar-refractivity contribution in [1.29, 1.82) is 0 Å². The molecule has 2 N–H and O–H groups in total. The van der Waals surface area contributed by atoms with Crippen LogP contribution in [0.3, 0.4) is 0 Å². The molecule has 0 aromatic heterocycles. The van der Waals surface area contributed by atoms with E-state index in [4.69, 9.17) is 4.74 Å². The highest BCUT2D eigenvalue weighted by Gasteiger charge is 2.21. The Morgan fingerprint density at radius 3 is 2.21 bits per heavy atom. The summed E-state index contributed by atoms with van der Waals surface area (Å²) < 4.78 is 46.1. The van der Waals surface area contributed by atoms with Crippen LogP contribution in [0.25, 0.3) is 0 Å². The van der Waals surface area contributed by atoms with Crippen LogP contribution in [0.5, 0.6) is 0 Å². The monoisotopic (exact) mass is 470 g/mol. The van der Waals surface area contributed by atoms with Crippen molar-refractivity contribution < 1.29 is 27.1 Å². The molecule has 0 saturated heterocycles. The maximum Gasteiger partial charge on any atom is 0.338 e. The van der Waals surface area contributed by atoms with Crippen molar-refractivity contribution in [2.75, 3.05) is 10.0 Å². The average molecular weight is 471 g/mol. The summed E-state index contributed by atoms with van der Waals surface area (Å²) in [6.45, 7) is 5.10. The van der Waals surface area contributed by atoms with E-state index in [0.29, 0.717) is 11.4 Å². The fourth-order valence-electron chi connectivity index (χ4n) is 2.89. The minimum atomic E-state index is -3.86. The van der Waals surface area contributed by atoms with Crippen molar-refractivity contribution in [3.63, 3.8) is 0 Å². The van der Waals surface area contributed by atoms with Gasteiger partial charge in [0, 0.05) is 5.69 Å². The van der Waals surface area contributed by atoms with Crippen LogP contribution < -0.4 is 10.0 Å². The largest absolute Gasteiger partial charge is 0.449 e. The van der Waals surface area contributed by atoms with Gasteiger partial charge in [0.2, 0.25) is 0 Å². The molecule has 0 aliphatic heterocycles. The predicted octanol–water partition coefficient (Wildman–Crippen LogP) is 4.43. The maximum atomic E-state index is 13.0. The predicted molar refractivity (Wildman–Crippen MR) is 123 cm³/mol. The Labute approximate surface area is 191 Å². The molecular weight excluding hydrogens is 447 g/mol. The van der Waals surface area contributed by atoms with Crippen LogP contribution in [0.2, 0.25) is 0 Å². The topological polar surface area (TPSA) is 102 Å². The first-order chi connectivity index (χ1) is 15.6. The first-order valence-electron chi connectivity index (χ1n) is 10.0. The fourth-order valence-corrected chi connectivity index (χ4v) is 4.02. The maximum absolute atomic E-state index is 13.0. The summed E-state index contributed by atoms with van der Waals surface area (Å²) in [4.78, 5) is 24.6. The van der Waals surface area contributed by atoms with Gasteiger partial charge in [-0.1, -0.05) is 12.1 Å². The zero-order chi connectivity index (χ0) is 24.2. The first-order valence-corrected chi connectivity index (χ1v) is 11.5. The van der Waals surface area contributed by atoms with Gasteiger partial charge < -0.3 is 10.1 Å². The molecule has 0 unspecified atom stereocenters. The third-order valence-electron chi connectivity index (χ3n) is 5.01. The van der Waals surface area contributed by atoms with Gasteiger partial charge in [0.15, 0.2) is 6.10 Å². The van der Waals surface area contributed by atoms with Crippen molar-refractivity contribution in [3.05, 3.63) is 89.2 Å². The molecule has 9 heteroatoms. The number of sulfonamides is 1. The molecule has 1 amide bonds. The number of hydrogen-bond donors (Lipinski definition) is 2. The Balaban J connectivity index is 1.64. The lowest BCUT2D eigenvalue weighted by Gasteiger charge is -2.14. The number of hydrogen-bond acceptors (Lipinski definition) is 5. The van der Waals surface area contributed by atoms with Gasteiger partial charge in [-0.05, 0) is 86.5 Å². The van der Waals surface area contributed by atoms with E-state index in [-0.39, 0.29) is 10.5 Å². The second-order valence-corrected chi connectivity index (χ2v) is 9.10. The fraction of sp³-hybridized carbons (Fsp3) is 0.167. The number of nitrogens with one attached hydrogen (secondary N) is 2. The minimum absolute atomic E-state index is 0.0259. The van der Waals surface area contributed by atoms with Crippen LogP contribution in [0.1, 0.15) is 28.4 Å². The zero-order valence-corrected chi connectivity index (χ0v) is 19.1. The number of carbonyl (C=O) groups is 2. The number of rotatable bonds is 7. The lowest BCUT2D eigenvalue weighted by molar-refractivity contribution is -0.123. The molecule has 7 nitrogen and oxygen atoms in total.